The minimum atomic E-state index is 0.815. The maximum atomic E-state index is 3.67. The zero-order valence-corrected chi connectivity index (χ0v) is 16.3. The number of nitrogens with one attached hydrogen (secondary N) is 1. The van der Waals surface area contributed by atoms with Crippen molar-refractivity contribution in [2.45, 2.75) is 68.6 Å². The standard InChI is InChI=1S/C20H22INS/c21-18-9-16-13-5-12(15(7-13)19(16)22-18)6-14-8-17-10-2-1-3-11(4-10)20(17)23-14/h8-13,15,22H,1-7H2. The molecule has 0 spiro atoms. The normalized spacial score (nSPS) is 36.5. The van der Waals surface area contributed by atoms with E-state index in [-0.39, 0.29) is 0 Å². The zero-order chi connectivity index (χ0) is 15.1. The van der Waals surface area contributed by atoms with Gasteiger partial charge in [0.15, 0.2) is 0 Å². The minimum Gasteiger partial charge on any atom is -0.353 e. The van der Waals surface area contributed by atoms with Gasteiger partial charge >= 0.3 is 0 Å². The van der Waals surface area contributed by atoms with Crippen LogP contribution in [0.1, 0.15) is 88.8 Å². The molecule has 0 aliphatic heterocycles. The number of halogens is 1. The summed E-state index contributed by atoms with van der Waals surface area (Å²) in [5, 5.41) is 0. The van der Waals surface area contributed by atoms with E-state index in [0.717, 1.165) is 29.6 Å². The molecule has 0 amide bonds. The molecule has 120 valence electrons. The number of rotatable bonds is 2. The van der Waals surface area contributed by atoms with Crippen molar-refractivity contribution in [1.82, 2.24) is 4.98 Å². The van der Waals surface area contributed by atoms with Crippen molar-refractivity contribution in [3.63, 3.8) is 0 Å². The first-order valence-electron chi connectivity index (χ1n) is 9.27. The van der Waals surface area contributed by atoms with Gasteiger partial charge in [-0.25, -0.2) is 0 Å². The van der Waals surface area contributed by atoms with Crippen molar-refractivity contribution >= 4 is 33.9 Å². The van der Waals surface area contributed by atoms with Gasteiger partial charge in [-0.1, -0.05) is 6.42 Å². The monoisotopic (exact) mass is 435 g/mol. The number of thiophene rings is 1. The molecule has 6 rings (SSSR count). The smallest absolute Gasteiger partial charge is 0.0777 e. The number of hydrogen-bond acceptors (Lipinski definition) is 1. The van der Waals surface area contributed by atoms with Crippen molar-refractivity contribution in [3.05, 3.63) is 42.4 Å². The lowest BCUT2D eigenvalue weighted by Gasteiger charge is -2.22. The fourth-order valence-electron chi connectivity index (χ4n) is 6.24. The number of aromatic amines is 1. The van der Waals surface area contributed by atoms with Crippen LogP contribution in [0.2, 0.25) is 0 Å². The number of H-pyrrole nitrogens is 1. The van der Waals surface area contributed by atoms with Gasteiger partial charge in [0, 0.05) is 21.4 Å². The van der Waals surface area contributed by atoms with Crippen LogP contribution >= 0.6 is 33.9 Å². The molecular weight excluding hydrogens is 413 g/mol. The molecule has 0 radical (unpaired) electrons. The van der Waals surface area contributed by atoms with Crippen LogP contribution in [-0.2, 0) is 6.42 Å². The van der Waals surface area contributed by atoms with E-state index in [4.69, 9.17) is 0 Å². The number of aromatic nitrogens is 1. The average molecular weight is 435 g/mol. The number of hydrogen-bond donors (Lipinski definition) is 1. The van der Waals surface area contributed by atoms with Gasteiger partial charge in [-0.3, -0.25) is 0 Å². The summed E-state index contributed by atoms with van der Waals surface area (Å²) in [4.78, 5) is 7.16. The van der Waals surface area contributed by atoms with Gasteiger partial charge in [0.2, 0.25) is 0 Å². The van der Waals surface area contributed by atoms with E-state index in [1.54, 1.807) is 26.6 Å². The summed E-state index contributed by atoms with van der Waals surface area (Å²) in [5.74, 6) is 4.41. The Kier molecular flexibility index (Phi) is 2.95. The zero-order valence-electron chi connectivity index (χ0n) is 13.3. The Hall–Kier alpha value is -0.290. The predicted molar refractivity (Wildman–Crippen MR) is 104 cm³/mol. The fraction of sp³-hybridized carbons (Fsp3) is 0.600. The van der Waals surface area contributed by atoms with Gasteiger partial charge in [-0.2, -0.15) is 0 Å². The first-order valence-corrected chi connectivity index (χ1v) is 11.2. The molecule has 2 aromatic heterocycles. The van der Waals surface area contributed by atoms with E-state index < -0.39 is 0 Å². The molecule has 1 N–H and O–H groups in total. The van der Waals surface area contributed by atoms with Gasteiger partial charge in [-0.15, -0.1) is 11.3 Å². The van der Waals surface area contributed by atoms with E-state index in [9.17, 15) is 0 Å². The van der Waals surface area contributed by atoms with Crippen molar-refractivity contribution in [2.24, 2.45) is 5.92 Å². The minimum absolute atomic E-state index is 0.815. The summed E-state index contributed by atoms with van der Waals surface area (Å²) >= 11 is 4.63. The highest BCUT2D eigenvalue weighted by molar-refractivity contribution is 14.1. The molecule has 5 atom stereocenters. The Morgan fingerprint density at radius 3 is 2.91 bits per heavy atom. The molecule has 0 aromatic carbocycles. The Labute approximate surface area is 155 Å². The van der Waals surface area contributed by atoms with Gasteiger partial charge in [0.1, 0.15) is 0 Å². The van der Waals surface area contributed by atoms with Crippen LogP contribution in [0.3, 0.4) is 0 Å². The van der Waals surface area contributed by atoms with Crippen LogP contribution in [0, 0.1) is 9.62 Å². The van der Waals surface area contributed by atoms with Gasteiger partial charge in [0.05, 0.1) is 3.70 Å². The first kappa shape index (κ1) is 13.9. The Balaban J connectivity index is 1.28. The molecule has 4 aliphatic carbocycles. The molecule has 4 aliphatic rings. The predicted octanol–water partition coefficient (Wildman–Crippen LogP) is 6.27. The van der Waals surface area contributed by atoms with Crippen LogP contribution in [-0.4, -0.2) is 4.98 Å². The molecule has 2 aromatic rings. The molecular formula is C20H22INS. The second-order valence-corrected chi connectivity index (χ2v) is 10.6. The van der Waals surface area contributed by atoms with E-state index in [1.165, 1.54) is 48.6 Å². The van der Waals surface area contributed by atoms with Crippen LogP contribution in [0.15, 0.2) is 12.1 Å². The third kappa shape index (κ3) is 1.95. The van der Waals surface area contributed by atoms with Crippen LogP contribution in [0.4, 0.5) is 0 Å². The molecule has 5 unspecified atom stereocenters. The van der Waals surface area contributed by atoms with Crippen molar-refractivity contribution in [2.75, 3.05) is 0 Å². The van der Waals surface area contributed by atoms with E-state index in [0.29, 0.717) is 0 Å². The Bertz CT molecular complexity index is 760. The van der Waals surface area contributed by atoms with Crippen LogP contribution in [0.5, 0.6) is 0 Å². The molecule has 4 bridgehead atoms. The third-order valence-corrected chi connectivity index (χ3v) is 9.06. The highest BCUT2D eigenvalue weighted by atomic mass is 127. The van der Waals surface area contributed by atoms with Gasteiger partial charge in [0.25, 0.3) is 0 Å². The fourth-order valence-corrected chi connectivity index (χ4v) is 8.35. The highest BCUT2D eigenvalue weighted by Crippen LogP contribution is 2.58. The highest BCUT2D eigenvalue weighted by Gasteiger charge is 2.45. The van der Waals surface area contributed by atoms with Crippen molar-refractivity contribution < 1.29 is 0 Å². The Morgan fingerprint density at radius 2 is 1.96 bits per heavy atom. The quantitative estimate of drug-likeness (QED) is 0.536. The maximum absolute atomic E-state index is 3.67. The van der Waals surface area contributed by atoms with E-state index in [1.807, 2.05) is 0 Å². The Morgan fingerprint density at radius 1 is 1.04 bits per heavy atom. The molecule has 3 heteroatoms. The summed E-state index contributed by atoms with van der Waals surface area (Å²) in [6.07, 6.45) is 10.0. The third-order valence-electron chi connectivity index (χ3n) is 7.14. The van der Waals surface area contributed by atoms with Gasteiger partial charge in [-0.05, 0) is 108 Å². The SMILES string of the molecule is Ic1cc2c([nH]1)C1CC2CC1Cc1cc2c(s1)C1CCCC2C1. The first-order chi connectivity index (χ1) is 11.3. The van der Waals surface area contributed by atoms with Crippen LogP contribution in [0.25, 0.3) is 0 Å². The maximum Gasteiger partial charge on any atom is 0.0777 e. The number of fused-ring (bicyclic) bond motifs is 10. The summed E-state index contributed by atoms with van der Waals surface area (Å²) < 4.78 is 1.34. The molecule has 2 saturated carbocycles. The lowest BCUT2D eigenvalue weighted by Crippen LogP contribution is -2.12. The molecule has 2 heterocycles. The van der Waals surface area contributed by atoms with E-state index in [2.05, 4.69) is 51.0 Å². The lowest BCUT2D eigenvalue weighted by atomic mass is 9.85. The van der Waals surface area contributed by atoms with Crippen molar-refractivity contribution in [3.8, 4) is 0 Å². The van der Waals surface area contributed by atoms with Gasteiger partial charge < -0.3 is 4.98 Å². The second-order valence-electron chi connectivity index (χ2n) is 8.32. The summed E-state index contributed by atoms with van der Waals surface area (Å²) in [7, 11) is 0. The molecule has 0 saturated heterocycles. The topological polar surface area (TPSA) is 15.8 Å². The molecule has 2 fully saturated rings. The summed E-state index contributed by atoms with van der Waals surface area (Å²) in [5.41, 5.74) is 5.02. The summed E-state index contributed by atoms with van der Waals surface area (Å²) in [6, 6.07) is 5.03. The van der Waals surface area contributed by atoms with Crippen molar-refractivity contribution in [1.29, 1.82) is 0 Å². The lowest BCUT2D eigenvalue weighted by molar-refractivity contribution is 0.435. The second kappa shape index (κ2) is 4.87. The molecule has 23 heavy (non-hydrogen) atoms. The molecule has 1 nitrogen and oxygen atoms in total. The average Bonchev–Trinajstić information content (AvgIpc) is 3.29. The van der Waals surface area contributed by atoms with E-state index >= 15 is 0 Å². The largest absolute Gasteiger partial charge is 0.353 e. The van der Waals surface area contributed by atoms with Crippen LogP contribution < -0.4 is 0 Å². The summed E-state index contributed by atoms with van der Waals surface area (Å²) in [6.45, 7) is 0.